The number of hydrogen-bond donors (Lipinski definition) is 1. The van der Waals surface area contributed by atoms with Crippen LogP contribution in [-0.4, -0.2) is 38.8 Å². The standard InChI is InChI=1S/C21H24Br2N2O3/c1-3-10-6-5-7-11(4-2)19(10)24-14(26)9-25-20(27)15-12-8-13(16(15)21(25)28)18(23)17(12)22/h5-7,12-13,15-18H,3-4,8-9H2,1-2H3,(H,24,26)/t12-,13+,15-,16-,17-,18+/m0/s1. The number of imide groups is 1. The van der Waals surface area contributed by atoms with Gasteiger partial charge in [-0.25, -0.2) is 0 Å². The number of amides is 3. The van der Waals surface area contributed by atoms with Gasteiger partial charge in [0, 0.05) is 15.3 Å². The van der Waals surface area contributed by atoms with Gasteiger partial charge < -0.3 is 5.32 Å². The Morgan fingerprint density at radius 1 is 1.04 bits per heavy atom. The highest BCUT2D eigenvalue weighted by Gasteiger charge is 2.66. The zero-order valence-corrected chi connectivity index (χ0v) is 19.1. The van der Waals surface area contributed by atoms with E-state index >= 15 is 0 Å². The summed E-state index contributed by atoms with van der Waals surface area (Å²) in [4.78, 5) is 40.3. The van der Waals surface area contributed by atoms with Crippen LogP contribution in [0.4, 0.5) is 5.69 Å². The largest absolute Gasteiger partial charge is 0.324 e. The summed E-state index contributed by atoms with van der Waals surface area (Å²) in [6.07, 6.45) is 2.50. The highest BCUT2D eigenvalue weighted by Crippen LogP contribution is 2.60. The molecule has 3 aliphatic rings. The van der Waals surface area contributed by atoms with Crippen LogP contribution in [0, 0.1) is 23.7 Å². The first-order chi connectivity index (χ1) is 13.4. The van der Waals surface area contributed by atoms with Crippen molar-refractivity contribution >= 4 is 55.3 Å². The van der Waals surface area contributed by atoms with Crippen LogP contribution in [0.3, 0.4) is 0 Å². The molecule has 6 atom stereocenters. The molecule has 1 heterocycles. The lowest BCUT2D eigenvalue weighted by Crippen LogP contribution is -2.39. The molecule has 0 unspecified atom stereocenters. The van der Waals surface area contributed by atoms with E-state index in [2.05, 4.69) is 37.2 Å². The first-order valence-corrected chi connectivity index (χ1v) is 11.8. The molecule has 0 spiro atoms. The Bertz CT molecular complexity index is 789. The van der Waals surface area contributed by atoms with E-state index in [9.17, 15) is 14.4 Å². The molecule has 1 N–H and O–H groups in total. The molecule has 2 aliphatic carbocycles. The fourth-order valence-corrected chi connectivity index (χ4v) is 7.17. The number of hydrogen-bond acceptors (Lipinski definition) is 3. The third-order valence-electron chi connectivity index (χ3n) is 6.64. The second-order valence-electron chi connectivity index (χ2n) is 7.97. The minimum atomic E-state index is -0.310. The maximum atomic E-state index is 13.0. The van der Waals surface area contributed by atoms with Gasteiger partial charge in [-0.15, -0.1) is 0 Å². The average Bonchev–Trinajstić information content (AvgIpc) is 3.29. The second kappa shape index (κ2) is 7.56. The van der Waals surface area contributed by atoms with Crippen molar-refractivity contribution in [3.05, 3.63) is 29.3 Å². The van der Waals surface area contributed by atoms with Crippen LogP contribution in [0.25, 0.3) is 0 Å². The predicted octanol–water partition coefficient (Wildman–Crippen LogP) is 3.53. The summed E-state index contributed by atoms with van der Waals surface area (Å²) in [5.41, 5.74) is 2.94. The quantitative estimate of drug-likeness (QED) is 0.485. The molecule has 150 valence electrons. The fourth-order valence-electron chi connectivity index (χ4n) is 5.29. The molecule has 1 aromatic carbocycles. The number of halogens is 2. The van der Waals surface area contributed by atoms with E-state index in [1.165, 1.54) is 4.90 Å². The van der Waals surface area contributed by atoms with Gasteiger partial charge in [0.2, 0.25) is 17.7 Å². The van der Waals surface area contributed by atoms with Crippen LogP contribution in [0.5, 0.6) is 0 Å². The Labute approximate surface area is 181 Å². The molecule has 4 rings (SSSR count). The molecule has 3 amide bonds. The summed E-state index contributed by atoms with van der Waals surface area (Å²) >= 11 is 7.37. The summed E-state index contributed by atoms with van der Waals surface area (Å²) in [5.74, 6) is -0.902. The number of likely N-dealkylation sites (tertiary alicyclic amines) is 1. The summed E-state index contributed by atoms with van der Waals surface area (Å²) < 4.78 is 0. The summed E-state index contributed by atoms with van der Waals surface area (Å²) in [7, 11) is 0. The van der Waals surface area contributed by atoms with Gasteiger partial charge in [-0.2, -0.15) is 0 Å². The molecule has 2 saturated carbocycles. The number of nitrogens with one attached hydrogen (secondary N) is 1. The number of alkyl halides is 2. The monoisotopic (exact) mass is 510 g/mol. The predicted molar refractivity (Wildman–Crippen MR) is 115 cm³/mol. The van der Waals surface area contributed by atoms with Gasteiger partial charge in [-0.3, -0.25) is 19.3 Å². The van der Waals surface area contributed by atoms with Gasteiger partial charge in [0.15, 0.2) is 0 Å². The lowest BCUT2D eigenvalue weighted by molar-refractivity contribution is -0.143. The third kappa shape index (κ3) is 2.96. The fraction of sp³-hybridized carbons (Fsp3) is 0.571. The van der Waals surface area contributed by atoms with Crippen LogP contribution in [0.15, 0.2) is 18.2 Å². The van der Waals surface area contributed by atoms with E-state index in [0.717, 1.165) is 36.1 Å². The molecule has 1 aliphatic heterocycles. The number of para-hydroxylation sites is 1. The minimum Gasteiger partial charge on any atom is -0.324 e. The van der Waals surface area contributed by atoms with Gasteiger partial charge >= 0.3 is 0 Å². The minimum absolute atomic E-state index is 0.163. The third-order valence-corrected chi connectivity index (χ3v) is 9.85. The van der Waals surface area contributed by atoms with Gasteiger partial charge in [0.05, 0.1) is 11.8 Å². The lowest BCUT2D eigenvalue weighted by Gasteiger charge is -2.28. The van der Waals surface area contributed by atoms with Crippen molar-refractivity contribution in [2.24, 2.45) is 23.7 Å². The number of anilines is 1. The number of aryl methyl sites for hydroxylation is 2. The topological polar surface area (TPSA) is 66.5 Å². The van der Waals surface area contributed by atoms with Gasteiger partial charge in [-0.05, 0) is 42.2 Å². The maximum Gasteiger partial charge on any atom is 0.244 e. The zero-order chi connectivity index (χ0) is 20.2. The van der Waals surface area contributed by atoms with Crippen molar-refractivity contribution in [1.29, 1.82) is 0 Å². The molecule has 2 bridgehead atoms. The Morgan fingerprint density at radius 2 is 1.54 bits per heavy atom. The van der Waals surface area contributed by atoms with E-state index in [1.807, 2.05) is 32.0 Å². The molecule has 0 aromatic heterocycles. The van der Waals surface area contributed by atoms with E-state index < -0.39 is 0 Å². The number of carbonyl (C=O) groups is 3. The second-order valence-corrected chi connectivity index (χ2v) is 10.1. The molecule has 0 radical (unpaired) electrons. The van der Waals surface area contributed by atoms with Crippen LogP contribution < -0.4 is 5.32 Å². The van der Waals surface area contributed by atoms with Crippen molar-refractivity contribution < 1.29 is 14.4 Å². The molecular weight excluding hydrogens is 488 g/mol. The summed E-state index contributed by atoms with van der Waals surface area (Å²) in [6, 6.07) is 5.98. The van der Waals surface area contributed by atoms with Crippen LogP contribution in [0.1, 0.15) is 31.4 Å². The molecular formula is C21H24Br2N2O3. The SMILES string of the molecule is CCc1cccc(CC)c1NC(=O)CN1C(=O)[C@H]2[C@@H]3C[C@@H]([C@@H](Br)[C@H]3Br)[C@@H]2C1=O. The molecule has 28 heavy (non-hydrogen) atoms. The number of benzene rings is 1. The molecule has 1 aromatic rings. The normalized spacial score (nSPS) is 33.5. The number of fused-ring (bicyclic) bond motifs is 5. The Kier molecular flexibility index (Phi) is 5.42. The van der Waals surface area contributed by atoms with Crippen LogP contribution in [-0.2, 0) is 27.2 Å². The van der Waals surface area contributed by atoms with Crippen molar-refractivity contribution in [2.45, 2.75) is 42.8 Å². The molecule has 3 fully saturated rings. The van der Waals surface area contributed by atoms with E-state index in [0.29, 0.717) is 0 Å². The van der Waals surface area contributed by atoms with Crippen molar-refractivity contribution in [1.82, 2.24) is 4.90 Å². The summed E-state index contributed by atoms with van der Waals surface area (Å²) in [5, 5.41) is 2.97. The Balaban J connectivity index is 1.51. The number of nitrogens with zero attached hydrogens (tertiary/aromatic N) is 1. The van der Waals surface area contributed by atoms with Crippen molar-refractivity contribution in [2.75, 3.05) is 11.9 Å². The maximum absolute atomic E-state index is 13.0. The zero-order valence-electron chi connectivity index (χ0n) is 16.0. The Morgan fingerprint density at radius 3 is 2.00 bits per heavy atom. The molecule has 1 saturated heterocycles. The van der Waals surface area contributed by atoms with Crippen LogP contribution in [0.2, 0.25) is 0 Å². The van der Waals surface area contributed by atoms with E-state index in [-0.39, 0.29) is 57.6 Å². The first-order valence-electron chi connectivity index (χ1n) is 9.92. The number of rotatable bonds is 5. The first kappa shape index (κ1) is 20.1. The van der Waals surface area contributed by atoms with Gasteiger partial charge in [0.1, 0.15) is 6.54 Å². The highest BCUT2D eigenvalue weighted by molar-refractivity contribution is 9.12. The van der Waals surface area contributed by atoms with Crippen LogP contribution >= 0.6 is 31.9 Å². The Hall–Kier alpha value is -1.21. The van der Waals surface area contributed by atoms with E-state index in [4.69, 9.17) is 0 Å². The summed E-state index contributed by atoms with van der Waals surface area (Å²) in [6.45, 7) is 3.88. The molecule has 5 nitrogen and oxygen atoms in total. The lowest BCUT2D eigenvalue weighted by atomic mass is 9.81. The van der Waals surface area contributed by atoms with Crippen molar-refractivity contribution in [3.63, 3.8) is 0 Å². The van der Waals surface area contributed by atoms with Gasteiger partial charge in [0.25, 0.3) is 0 Å². The highest BCUT2D eigenvalue weighted by atomic mass is 79.9. The van der Waals surface area contributed by atoms with Gasteiger partial charge in [-0.1, -0.05) is 63.9 Å². The number of carbonyl (C=O) groups excluding carboxylic acids is 3. The van der Waals surface area contributed by atoms with E-state index in [1.54, 1.807) is 0 Å². The molecule has 7 heteroatoms. The average molecular weight is 512 g/mol. The van der Waals surface area contributed by atoms with Crippen molar-refractivity contribution in [3.8, 4) is 0 Å². The smallest absolute Gasteiger partial charge is 0.244 e.